The van der Waals surface area contributed by atoms with Crippen molar-refractivity contribution < 1.29 is 14.0 Å². The number of amides is 2. The fraction of sp³-hybridized carbons (Fsp3) is 0.364. The molecule has 1 aliphatic heterocycles. The molecule has 148 valence electrons. The number of hydrogen-bond donors (Lipinski definition) is 2. The Hall–Kier alpha value is -2.40. The Bertz CT molecular complexity index is 856. The van der Waals surface area contributed by atoms with Crippen molar-refractivity contribution in [3.05, 3.63) is 70.5 Å². The van der Waals surface area contributed by atoms with E-state index in [9.17, 15) is 14.0 Å². The minimum Gasteiger partial charge on any atom is -0.350 e. The van der Waals surface area contributed by atoms with Crippen LogP contribution in [0.5, 0.6) is 0 Å². The maximum absolute atomic E-state index is 13.2. The summed E-state index contributed by atoms with van der Waals surface area (Å²) in [5.74, 6) is -0.389. The molecule has 4 nitrogen and oxygen atoms in total. The van der Waals surface area contributed by atoms with Gasteiger partial charge in [0.1, 0.15) is 5.82 Å². The van der Waals surface area contributed by atoms with Gasteiger partial charge in [-0.05, 0) is 55.5 Å². The lowest BCUT2D eigenvalue weighted by Gasteiger charge is -2.29. The number of carbonyl (C=O) groups excluding carboxylic acids is 2. The second kappa shape index (κ2) is 8.74. The van der Waals surface area contributed by atoms with Crippen LogP contribution in [0.2, 0.25) is 5.02 Å². The van der Waals surface area contributed by atoms with Crippen molar-refractivity contribution in [1.82, 2.24) is 10.6 Å². The fourth-order valence-corrected chi connectivity index (χ4v) is 4.04. The minimum absolute atomic E-state index is 0.00745. The third-order valence-electron chi connectivity index (χ3n) is 5.27. The summed E-state index contributed by atoms with van der Waals surface area (Å²) in [5.41, 5.74) is 1.33. The van der Waals surface area contributed by atoms with E-state index in [1.807, 2.05) is 25.1 Å². The van der Waals surface area contributed by atoms with Gasteiger partial charge in [0, 0.05) is 23.4 Å². The summed E-state index contributed by atoms with van der Waals surface area (Å²) in [6.45, 7) is 1.89. The second-order valence-corrected chi connectivity index (χ2v) is 7.85. The molecular weight excluding hydrogens is 379 g/mol. The van der Waals surface area contributed by atoms with Crippen LogP contribution in [0.3, 0.4) is 0 Å². The third kappa shape index (κ3) is 5.10. The molecule has 2 N–H and O–H groups in total. The quantitative estimate of drug-likeness (QED) is 0.724. The average molecular weight is 403 g/mol. The number of halogens is 2. The van der Waals surface area contributed by atoms with Crippen molar-refractivity contribution in [2.45, 2.75) is 50.6 Å². The molecule has 3 rings (SSSR count). The van der Waals surface area contributed by atoms with E-state index in [0.29, 0.717) is 30.7 Å². The zero-order valence-electron chi connectivity index (χ0n) is 15.8. The molecule has 0 spiro atoms. The van der Waals surface area contributed by atoms with Gasteiger partial charge in [-0.15, -0.1) is 0 Å². The molecule has 0 aliphatic carbocycles. The number of nitrogens with one attached hydrogen (secondary N) is 2. The van der Waals surface area contributed by atoms with Gasteiger partial charge in [-0.2, -0.15) is 0 Å². The van der Waals surface area contributed by atoms with Crippen LogP contribution in [0.25, 0.3) is 0 Å². The highest BCUT2D eigenvalue weighted by atomic mass is 35.5. The second-order valence-electron chi connectivity index (χ2n) is 7.44. The lowest BCUT2D eigenvalue weighted by Crippen LogP contribution is -2.44. The first-order chi connectivity index (χ1) is 13.4. The summed E-state index contributed by atoms with van der Waals surface area (Å²) in [6, 6.07) is 13.5. The summed E-state index contributed by atoms with van der Waals surface area (Å²) in [4.78, 5) is 24.4. The van der Waals surface area contributed by atoms with E-state index in [1.165, 1.54) is 12.1 Å². The van der Waals surface area contributed by atoms with Crippen LogP contribution in [0, 0.1) is 5.82 Å². The highest BCUT2D eigenvalue weighted by molar-refractivity contribution is 6.31. The van der Waals surface area contributed by atoms with E-state index >= 15 is 0 Å². The topological polar surface area (TPSA) is 58.2 Å². The van der Waals surface area contributed by atoms with Crippen molar-refractivity contribution in [3.63, 3.8) is 0 Å². The Morgan fingerprint density at radius 3 is 2.61 bits per heavy atom. The van der Waals surface area contributed by atoms with Gasteiger partial charge in [0.15, 0.2) is 0 Å². The van der Waals surface area contributed by atoms with E-state index in [0.717, 1.165) is 11.1 Å². The van der Waals surface area contributed by atoms with Crippen LogP contribution in [0.15, 0.2) is 48.5 Å². The maximum Gasteiger partial charge on any atom is 0.220 e. The Balaban J connectivity index is 1.62. The molecule has 2 amide bonds. The molecule has 2 atom stereocenters. The molecule has 2 unspecified atom stereocenters. The first-order valence-corrected chi connectivity index (χ1v) is 9.84. The van der Waals surface area contributed by atoms with Gasteiger partial charge in [-0.1, -0.05) is 41.9 Å². The van der Waals surface area contributed by atoms with Gasteiger partial charge >= 0.3 is 0 Å². The number of rotatable bonds is 7. The summed E-state index contributed by atoms with van der Waals surface area (Å²) in [6.07, 6.45) is 2.50. The molecule has 2 aromatic rings. The van der Waals surface area contributed by atoms with Gasteiger partial charge in [0.25, 0.3) is 0 Å². The van der Waals surface area contributed by atoms with Crippen molar-refractivity contribution in [1.29, 1.82) is 0 Å². The lowest BCUT2D eigenvalue weighted by atomic mass is 9.85. The molecular formula is C22H24ClFN2O2. The van der Waals surface area contributed by atoms with Crippen LogP contribution in [0.1, 0.15) is 49.8 Å². The molecule has 0 saturated carbocycles. The molecule has 1 saturated heterocycles. The summed E-state index contributed by atoms with van der Waals surface area (Å²) in [7, 11) is 0. The van der Waals surface area contributed by atoms with E-state index in [1.54, 1.807) is 18.2 Å². The third-order valence-corrected chi connectivity index (χ3v) is 5.62. The van der Waals surface area contributed by atoms with E-state index in [4.69, 9.17) is 11.6 Å². The molecule has 0 radical (unpaired) electrons. The highest BCUT2D eigenvalue weighted by Gasteiger charge is 2.37. The largest absolute Gasteiger partial charge is 0.350 e. The lowest BCUT2D eigenvalue weighted by molar-refractivity contribution is -0.123. The Morgan fingerprint density at radius 1 is 1.25 bits per heavy atom. The van der Waals surface area contributed by atoms with Crippen molar-refractivity contribution in [2.24, 2.45) is 0 Å². The number of hydrogen-bond acceptors (Lipinski definition) is 2. The minimum atomic E-state index is -0.472. The molecule has 0 aromatic heterocycles. The Kier molecular flexibility index (Phi) is 6.35. The zero-order chi connectivity index (χ0) is 20.1. The first-order valence-electron chi connectivity index (χ1n) is 9.46. The molecule has 0 bridgehead atoms. The van der Waals surface area contributed by atoms with Gasteiger partial charge in [0.05, 0.1) is 6.04 Å². The summed E-state index contributed by atoms with van der Waals surface area (Å²) >= 11 is 6.20. The maximum atomic E-state index is 13.2. The van der Waals surface area contributed by atoms with Gasteiger partial charge in [-0.3, -0.25) is 9.59 Å². The van der Waals surface area contributed by atoms with Crippen molar-refractivity contribution in [2.75, 3.05) is 0 Å². The smallest absolute Gasteiger partial charge is 0.220 e. The average Bonchev–Trinajstić information content (AvgIpc) is 3.03. The highest BCUT2D eigenvalue weighted by Crippen LogP contribution is 2.30. The zero-order valence-corrected chi connectivity index (χ0v) is 16.6. The van der Waals surface area contributed by atoms with Gasteiger partial charge < -0.3 is 10.6 Å². The Morgan fingerprint density at radius 2 is 1.96 bits per heavy atom. The molecule has 28 heavy (non-hydrogen) atoms. The van der Waals surface area contributed by atoms with E-state index in [2.05, 4.69) is 10.6 Å². The van der Waals surface area contributed by atoms with Gasteiger partial charge in [-0.25, -0.2) is 4.39 Å². The normalized spacial score (nSPS) is 19.9. The molecule has 2 aromatic carbocycles. The van der Waals surface area contributed by atoms with Crippen LogP contribution >= 0.6 is 11.6 Å². The van der Waals surface area contributed by atoms with Gasteiger partial charge in [0.2, 0.25) is 11.8 Å². The van der Waals surface area contributed by atoms with Crippen LogP contribution in [-0.4, -0.2) is 17.4 Å². The van der Waals surface area contributed by atoms with Crippen LogP contribution in [0.4, 0.5) is 4.39 Å². The number of benzene rings is 2. The van der Waals surface area contributed by atoms with E-state index in [-0.39, 0.29) is 30.1 Å². The summed E-state index contributed by atoms with van der Waals surface area (Å²) in [5, 5.41) is 6.64. The SMILES string of the molecule is CC(NC(=O)CCC1(Cc2ccc(F)cc2)CCC(=O)N1)c1ccccc1Cl. The molecule has 6 heteroatoms. The number of carbonyl (C=O) groups is 2. The first kappa shape index (κ1) is 20.3. The van der Waals surface area contributed by atoms with Crippen LogP contribution < -0.4 is 10.6 Å². The fourth-order valence-electron chi connectivity index (χ4n) is 3.75. The van der Waals surface area contributed by atoms with E-state index < -0.39 is 5.54 Å². The molecule has 1 fully saturated rings. The Labute approximate surface area is 169 Å². The monoisotopic (exact) mass is 402 g/mol. The van der Waals surface area contributed by atoms with Crippen molar-refractivity contribution >= 4 is 23.4 Å². The molecule has 1 heterocycles. The predicted molar refractivity (Wildman–Crippen MR) is 107 cm³/mol. The van der Waals surface area contributed by atoms with Crippen molar-refractivity contribution in [3.8, 4) is 0 Å². The standard InChI is InChI=1S/C22H24ClFN2O2/c1-15(18-4-2-3-5-19(18)23)25-20(27)10-12-22(13-11-21(28)26-22)14-16-6-8-17(24)9-7-16/h2-9,15H,10-14H2,1H3,(H,25,27)(H,26,28). The predicted octanol–water partition coefficient (Wildman–Crippen LogP) is 4.33. The summed E-state index contributed by atoms with van der Waals surface area (Å²) < 4.78 is 13.2. The van der Waals surface area contributed by atoms with Crippen LogP contribution in [-0.2, 0) is 16.0 Å². The molecule has 1 aliphatic rings.